The lowest BCUT2D eigenvalue weighted by atomic mass is 9.84. The van der Waals surface area contributed by atoms with Gasteiger partial charge in [0, 0.05) is 23.7 Å². The number of hydrogen-bond acceptors (Lipinski definition) is 6. The quantitative estimate of drug-likeness (QED) is 0.791. The van der Waals surface area contributed by atoms with Crippen LogP contribution in [0.25, 0.3) is 0 Å². The fourth-order valence-corrected chi connectivity index (χ4v) is 2.83. The predicted octanol–water partition coefficient (Wildman–Crippen LogP) is 2.60. The van der Waals surface area contributed by atoms with Gasteiger partial charge in [-0.2, -0.15) is 10.5 Å². The highest BCUT2D eigenvalue weighted by atomic mass is 16.7. The summed E-state index contributed by atoms with van der Waals surface area (Å²) < 4.78 is 23.5. The molecular weight excluding hydrogens is 296 g/mol. The normalized spacial score (nSPS) is 32.3. The van der Waals surface area contributed by atoms with Gasteiger partial charge in [0.2, 0.25) is 0 Å². The number of rotatable bonds is 4. The van der Waals surface area contributed by atoms with Crippen LogP contribution in [0.5, 0.6) is 0 Å². The average Bonchev–Trinajstić information content (AvgIpc) is 2.48. The third-order valence-corrected chi connectivity index (χ3v) is 4.51. The molecule has 0 aromatic carbocycles. The molecule has 2 saturated heterocycles. The second-order valence-electron chi connectivity index (χ2n) is 8.05. The van der Waals surface area contributed by atoms with Crippen molar-refractivity contribution in [1.29, 1.82) is 10.5 Å². The van der Waals surface area contributed by atoms with Crippen molar-refractivity contribution in [3.63, 3.8) is 0 Å². The predicted molar refractivity (Wildman–Crippen MR) is 81.8 cm³/mol. The van der Waals surface area contributed by atoms with Crippen molar-refractivity contribution in [2.45, 2.75) is 53.1 Å². The smallest absolute Gasteiger partial charge is 0.163 e. The SMILES string of the molecule is CC(C)(CC#N)C1OCC2(CO1)COC(C(C)(C)CC#N)OC2. The fraction of sp³-hybridized carbons (Fsp3) is 0.882. The van der Waals surface area contributed by atoms with Crippen LogP contribution in [-0.2, 0) is 18.9 Å². The molecule has 128 valence electrons. The van der Waals surface area contributed by atoms with Crippen molar-refractivity contribution in [2.24, 2.45) is 16.2 Å². The van der Waals surface area contributed by atoms with E-state index in [2.05, 4.69) is 12.1 Å². The first kappa shape index (κ1) is 18.2. The molecule has 6 heteroatoms. The summed E-state index contributed by atoms with van der Waals surface area (Å²) in [6, 6.07) is 4.35. The van der Waals surface area contributed by atoms with E-state index in [0.29, 0.717) is 39.3 Å². The van der Waals surface area contributed by atoms with Gasteiger partial charge in [-0.15, -0.1) is 0 Å². The lowest BCUT2D eigenvalue weighted by Crippen LogP contribution is -2.56. The minimum atomic E-state index is -0.388. The zero-order valence-electron chi connectivity index (χ0n) is 14.4. The highest BCUT2D eigenvalue weighted by molar-refractivity contribution is 4.92. The molecule has 1 spiro atoms. The molecule has 0 aromatic heterocycles. The first-order valence-electron chi connectivity index (χ1n) is 7.95. The van der Waals surface area contributed by atoms with Crippen molar-refractivity contribution < 1.29 is 18.9 Å². The molecule has 23 heavy (non-hydrogen) atoms. The van der Waals surface area contributed by atoms with Crippen molar-refractivity contribution in [3.05, 3.63) is 0 Å². The molecule has 0 saturated carbocycles. The highest BCUT2D eigenvalue weighted by Gasteiger charge is 2.47. The molecule has 0 aromatic rings. The maximum absolute atomic E-state index is 8.90. The molecule has 0 aliphatic carbocycles. The van der Waals surface area contributed by atoms with Gasteiger partial charge in [-0.25, -0.2) is 0 Å². The minimum absolute atomic E-state index is 0.307. The van der Waals surface area contributed by atoms with E-state index in [1.807, 2.05) is 27.7 Å². The Morgan fingerprint density at radius 1 is 0.783 bits per heavy atom. The Morgan fingerprint density at radius 2 is 1.09 bits per heavy atom. The molecular formula is C17H26N2O4. The van der Waals surface area contributed by atoms with E-state index in [4.69, 9.17) is 29.5 Å². The number of ether oxygens (including phenoxy) is 4. The third kappa shape index (κ3) is 4.02. The van der Waals surface area contributed by atoms with E-state index < -0.39 is 0 Å². The van der Waals surface area contributed by atoms with Crippen LogP contribution < -0.4 is 0 Å². The Hall–Kier alpha value is -1.18. The van der Waals surface area contributed by atoms with Gasteiger partial charge in [0.15, 0.2) is 12.6 Å². The fourth-order valence-electron chi connectivity index (χ4n) is 2.83. The Bertz CT molecular complexity index is 438. The van der Waals surface area contributed by atoms with Gasteiger partial charge < -0.3 is 18.9 Å². The molecule has 2 rings (SSSR count). The van der Waals surface area contributed by atoms with Crippen LogP contribution in [0, 0.1) is 38.9 Å². The monoisotopic (exact) mass is 322 g/mol. The van der Waals surface area contributed by atoms with Gasteiger partial charge in [0.25, 0.3) is 0 Å². The van der Waals surface area contributed by atoms with E-state index >= 15 is 0 Å². The minimum Gasteiger partial charge on any atom is -0.351 e. The molecule has 0 atom stereocenters. The zero-order valence-corrected chi connectivity index (χ0v) is 14.4. The van der Waals surface area contributed by atoms with E-state index in [-0.39, 0.29) is 28.8 Å². The van der Waals surface area contributed by atoms with Crippen molar-refractivity contribution in [1.82, 2.24) is 0 Å². The molecule has 2 heterocycles. The summed E-state index contributed by atoms with van der Waals surface area (Å²) in [4.78, 5) is 0. The Kier molecular flexibility index (Phi) is 5.33. The van der Waals surface area contributed by atoms with Crippen LogP contribution in [0.1, 0.15) is 40.5 Å². The molecule has 0 amide bonds. The van der Waals surface area contributed by atoms with Crippen LogP contribution in [-0.4, -0.2) is 39.0 Å². The largest absolute Gasteiger partial charge is 0.351 e. The molecule has 2 fully saturated rings. The lowest BCUT2D eigenvalue weighted by molar-refractivity contribution is -0.333. The van der Waals surface area contributed by atoms with Crippen LogP contribution in [0.15, 0.2) is 0 Å². The summed E-state index contributed by atoms with van der Waals surface area (Å²) >= 11 is 0. The van der Waals surface area contributed by atoms with Crippen molar-refractivity contribution in [3.8, 4) is 12.1 Å². The van der Waals surface area contributed by atoms with Gasteiger partial charge in [0.1, 0.15) is 0 Å². The average molecular weight is 322 g/mol. The summed E-state index contributed by atoms with van der Waals surface area (Å²) in [5, 5.41) is 17.8. The molecule has 2 aliphatic rings. The first-order chi connectivity index (χ1) is 10.7. The van der Waals surface area contributed by atoms with Crippen molar-refractivity contribution >= 4 is 0 Å². The van der Waals surface area contributed by atoms with E-state index in [1.165, 1.54) is 0 Å². The Morgan fingerprint density at radius 3 is 1.35 bits per heavy atom. The lowest BCUT2D eigenvalue weighted by Gasteiger charge is -2.48. The Labute approximate surface area is 138 Å². The molecule has 0 bridgehead atoms. The van der Waals surface area contributed by atoms with Crippen LogP contribution in [0.4, 0.5) is 0 Å². The summed E-state index contributed by atoms with van der Waals surface area (Å²) in [5.41, 5.74) is -0.993. The maximum Gasteiger partial charge on any atom is 0.163 e. The number of hydrogen-bond donors (Lipinski definition) is 0. The van der Waals surface area contributed by atoms with E-state index in [0.717, 1.165) is 0 Å². The highest BCUT2D eigenvalue weighted by Crippen LogP contribution is 2.39. The van der Waals surface area contributed by atoms with Gasteiger partial charge in [-0.3, -0.25) is 0 Å². The van der Waals surface area contributed by atoms with Crippen molar-refractivity contribution in [2.75, 3.05) is 26.4 Å². The molecule has 0 unspecified atom stereocenters. The standard InChI is InChI=1S/C17H26N2O4/c1-15(2,5-7-18)13-20-9-17(10-21-13)11-22-14(23-12-17)16(3,4)6-8-19/h13-14H,5-6,9-12H2,1-4H3. The summed E-state index contributed by atoms with van der Waals surface area (Å²) in [5.74, 6) is 0. The van der Waals surface area contributed by atoms with Crippen LogP contribution in [0.3, 0.4) is 0 Å². The van der Waals surface area contributed by atoms with Gasteiger partial charge in [0.05, 0.1) is 44.0 Å². The second kappa shape index (κ2) is 6.75. The van der Waals surface area contributed by atoms with Gasteiger partial charge in [-0.05, 0) is 0 Å². The summed E-state index contributed by atoms with van der Waals surface area (Å²) in [7, 11) is 0. The zero-order chi connectivity index (χ0) is 17.1. The molecule has 6 nitrogen and oxygen atoms in total. The number of nitriles is 2. The molecule has 0 radical (unpaired) electrons. The first-order valence-corrected chi connectivity index (χ1v) is 7.95. The van der Waals surface area contributed by atoms with Crippen LogP contribution >= 0.6 is 0 Å². The Balaban J connectivity index is 1.89. The number of nitrogens with zero attached hydrogens (tertiary/aromatic N) is 2. The molecule has 0 N–H and O–H groups in total. The third-order valence-electron chi connectivity index (χ3n) is 4.51. The van der Waals surface area contributed by atoms with Crippen LogP contribution in [0.2, 0.25) is 0 Å². The topological polar surface area (TPSA) is 84.5 Å². The van der Waals surface area contributed by atoms with E-state index in [1.54, 1.807) is 0 Å². The van der Waals surface area contributed by atoms with Gasteiger partial charge in [-0.1, -0.05) is 27.7 Å². The maximum atomic E-state index is 8.90. The van der Waals surface area contributed by atoms with Gasteiger partial charge >= 0.3 is 0 Å². The molecule has 2 aliphatic heterocycles. The second-order valence-corrected chi connectivity index (χ2v) is 8.05. The van der Waals surface area contributed by atoms with E-state index in [9.17, 15) is 0 Å². The summed E-state index contributed by atoms with van der Waals surface area (Å²) in [6.07, 6.45) is -0.0227. The summed E-state index contributed by atoms with van der Waals surface area (Å²) in [6.45, 7) is 9.80.